The van der Waals surface area contributed by atoms with Gasteiger partial charge in [-0.3, -0.25) is 9.10 Å². The minimum absolute atomic E-state index is 0.0465. The number of benzene rings is 2. The van der Waals surface area contributed by atoms with Crippen LogP contribution in [0.4, 0.5) is 11.4 Å². The summed E-state index contributed by atoms with van der Waals surface area (Å²) in [6.07, 6.45) is 0.519. The second kappa shape index (κ2) is 5.78. The van der Waals surface area contributed by atoms with E-state index >= 15 is 0 Å². The van der Waals surface area contributed by atoms with Gasteiger partial charge in [-0.25, -0.2) is 22.0 Å². The number of nitrogens with one attached hydrogen (secondary N) is 1. The van der Waals surface area contributed by atoms with Crippen LogP contribution in [0, 0.1) is 0 Å². The number of sulfonamides is 2. The van der Waals surface area contributed by atoms with Crippen molar-refractivity contribution in [1.29, 1.82) is 0 Å². The van der Waals surface area contributed by atoms with Crippen LogP contribution in [0.1, 0.15) is 18.1 Å². The number of hydrogen-bond acceptors (Lipinski definition) is 5. The zero-order chi connectivity index (χ0) is 19.6. The Morgan fingerprint density at radius 1 is 1.04 bits per heavy atom. The number of rotatable bonds is 3. The van der Waals surface area contributed by atoms with Crippen LogP contribution in [-0.2, 0) is 37.7 Å². The molecule has 2 aliphatic rings. The maximum absolute atomic E-state index is 13.2. The molecule has 2 aromatic carbocycles. The van der Waals surface area contributed by atoms with Gasteiger partial charge < -0.3 is 5.32 Å². The topological polar surface area (TPSA) is 127 Å². The fourth-order valence-electron chi connectivity index (χ4n) is 3.60. The molecule has 0 saturated heterocycles. The van der Waals surface area contributed by atoms with Crippen LogP contribution in [0.5, 0.6) is 0 Å². The van der Waals surface area contributed by atoms with E-state index in [0.717, 1.165) is 0 Å². The van der Waals surface area contributed by atoms with Gasteiger partial charge in [0.15, 0.2) is 0 Å². The van der Waals surface area contributed by atoms with Crippen molar-refractivity contribution in [3.8, 4) is 0 Å². The van der Waals surface area contributed by atoms with Crippen molar-refractivity contribution in [2.45, 2.75) is 35.6 Å². The smallest absolute Gasteiger partial charge is 0.264 e. The van der Waals surface area contributed by atoms with Crippen molar-refractivity contribution in [2.75, 3.05) is 9.62 Å². The lowest BCUT2D eigenvalue weighted by molar-refractivity contribution is -0.115. The van der Waals surface area contributed by atoms with E-state index in [2.05, 4.69) is 5.32 Å². The molecule has 27 heavy (non-hydrogen) atoms. The highest BCUT2D eigenvalue weighted by Crippen LogP contribution is 2.38. The Morgan fingerprint density at radius 2 is 1.70 bits per heavy atom. The largest absolute Gasteiger partial charge is 0.326 e. The number of fused-ring (bicyclic) bond motifs is 2. The summed E-state index contributed by atoms with van der Waals surface area (Å²) in [5, 5.41) is 7.84. The Kier molecular flexibility index (Phi) is 3.85. The summed E-state index contributed by atoms with van der Waals surface area (Å²) in [6, 6.07) is 8.36. The van der Waals surface area contributed by atoms with E-state index in [1.807, 2.05) is 0 Å². The van der Waals surface area contributed by atoms with Crippen molar-refractivity contribution in [3.63, 3.8) is 0 Å². The van der Waals surface area contributed by atoms with Gasteiger partial charge in [0, 0.05) is 11.7 Å². The molecule has 0 saturated carbocycles. The SMILES string of the molecule is CC1Cc2cc(S(N)(=O)=O)ccc2N1S(=O)(=O)c1ccc2c(c1)CC(=O)N2. The monoisotopic (exact) mass is 407 g/mol. The zero-order valence-corrected chi connectivity index (χ0v) is 16.0. The molecule has 0 aliphatic carbocycles. The highest BCUT2D eigenvalue weighted by molar-refractivity contribution is 7.93. The first-order valence-electron chi connectivity index (χ1n) is 8.20. The molecule has 2 aliphatic heterocycles. The van der Waals surface area contributed by atoms with Gasteiger partial charge in [-0.05, 0) is 60.9 Å². The Morgan fingerprint density at radius 3 is 2.41 bits per heavy atom. The predicted molar refractivity (Wildman–Crippen MR) is 99.4 cm³/mol. The van der Waals surface area contributed by atoms with E-state index < -0.39 is 20.0 Å². The van der Waals surface area contributed by atoms with Gasteiger partial charge in [-0.2, -0.15) is 0 Å². The van der Waals surface area contributed by atoms with Gasteiger partial charge in [0.1, 0.15) is 0 Å². The van der Waals surface area contributed by atoms with Gasteiger partial charge in [-0.1, -0.05) is 0 Å². The molecule has 0 aromatic heterocycles. The first-order chi connectivity index (χ1) is 12.6. The summed E-state index contributed by atoms with van der Waals surface area (Å²) >= 11 is 0. The number of nitrogens with zero attached hydrogens (tertiary/aromatic N) is 1. The quantitative estimate of drug-likeness (QED) is 0.784. The number of amides is 1. The van der Waals surface area contributed by atoms with Gasteiger partial charge in [0.05, 0.1) is 21.9 Å². The molecule has 0 spiro atoms. The molecule has 4 rings (SSSR count). The van der Waals surface area contributed by atoms with Crippen molar-refractivity contribution in [2.24, 2.45) is 5.14 Å². The summed E-state index contributed by atoms with van der Waals surface area (Å²) in [7, 11) is -7.74. The third-order valence-electron chi connectivity index (χ3n) is 4.79. The first-order valence-corrected chi connectivity index (χ1v) is 11.2. The van der Waals surface area contributed by atoms with Crippen molar-refractivity contribution >= 4 is 37.3 Å². The standard InChI is InChI=1S/C17H17N3O5S2/c1-10-6-12-8-13(26(18,22)23)3-5-16(12)20(10)27(24,25)14-2-4-15-11(7-14)9-17(21)19-15/h2-5,7-8,10H,6,9H2,1H3,(H,19,21)(H2,18,22,23). The molecule has 0 bridgehead atoms. The summed E-state index contributed by atoms with van der Waals surface area (Å²) in [5.74, 6) is -0.171. The summed E-state index contributed by atoms with van der Waals surface area (Å²) in [4.78, 5) is 11.6. The highest BCUT2D eigenvalue weighted by Gasteiger charge is 2.37. The molecule has 1 unspecified atom stereocenters. The lowest BCUT2D eigenvalue weighted by Crippen LogP contribution is -2.35. The van der Waals surface area contributed by atoms with Crippen molar-refractivity contribution in [3.05, 3.63) is 47.5 Å². The fourth-order valence-corrected chi connectivity index (χ4v) is 5.91. The minimum atomic E-state index is -3.88. The average Bonchev–Trinajstić information content (AvgIpc) is 3.10. The minimum Gasteiger partial charge on any atom is -0.326 e. The third kappa shape index (κ3) is 2.89. The number of anilines is 2. The Bertz CT molecular complexity index is 1190. The van der Waals surface area contributed by atoms with Crippen LogP contribution < -0.4 is 14.8 Å². The van der Waals surface area contributed by atoms with Crippen LogP contribution in [0.3, 0.4) is 0 Å². The second-order valence-electron chi connectivity index (χ2n) is 6.73. The molecule has 2 aromatic rings. The van der Waals surface area contributed by atoms with E-state index in [0.29, 0.717) is 28.9 Å². The molecular weight excluding hydrogens is 390 g/mol. The van der Waals surface area contributed by atoms with Crippen LogP contribution >= 0.6 is 0 Å². The van der Waals surface area contributed by atoms with Gasteiger partial charge in [0.2, 0.25) is 15.9 Å². The molecule has 8 nitrogen and oxygen atoms in total. The third-order valence-corrected chi connectivity index (χ3v) is 7.63. The molecule has 0 radical (unpaired) electrons. The Labute approximate surface area is 157 Å². The zero-order valence-electron chi connectivity index (χ0n) is 14.3. The fraction of sp³-hybridized carbons (Fsp3) is 0.235. The number of carbonyl (C=O) groups excluding carboxylic acids is 1. The number of nitrogens with two attached hydrogens (primary N) is 1. The summed E-state index contributed by atoms with van der Waals surface area (Å²) in [6.45, 7) is 1.76. The van der Waals surface area contributed by atoms with E-state index in [4.69, 9.17) is 5.14 Å². The van der Waals surface area contributed by atoms with Gasteiger partial charge >= 0.3 is 0 Å². The van der Waals surface area contributed by atoms with E-state index in [1.165, 1.54) is 34.6 Å². The Hall–Kier alpha value is -2.43. The van der Waals surface area contributed by atoms with Crippen molar-refractivity contribution < 1.29 is 21.6 Å². The number of carbonyl (C=O) groups is 1. The predicted octanol–water partition coefficient (Wildman–Crippen LogP) is 0.968. The molecule has 1 amide bonds. The van der Waals surface area contributed by atoms with E-state index in [1.54, 1.807) is 13.0 Å². The first kappa shape index (κ1) is 18.0. The normalized spacial score (nSPS) is 19.0. The molecule has 1 atom stereocenters. The maximum atomic E-state index is 13.2. The van der Waals surface area contributed by atoms with E-state index in [-0.39, 0.29) is 28.2 Å². The van der Waals surface area contributed by atoms with Gasteiger partial charge in [-0.15, -0.1) is 0 Å². The molecular formula is C17H17N3O5S2. The maximum Gasteiger partial charge on any atom is 0.264 e. The summed E-state index contributed by atoms with van der Waals surface area (Å²) in [5.41, 5.74) is 2.30. The lowest BCUT2D eigenvalue weighted by atomic mass is 10.1. The van der Waals surface area contributed by atoms with E-state index in [9.17, 15) is 21.6 Å². The number of hydrogen-bond donors (Lipinski definition) is 2. The molecule has 2 heterocycles. The lowest BCUT2D eigenvalue weighted by Gasteiger charge is -2.24. The second-order valence-corrected chi connectivity index (χ2v) is 10.1. The molecule has 10 heteroatoms. The molecule has 0 fully saturated rings. The highest BCUT2D eigenvalue weighted by atomic mass is 32.2. The van der Waals surface area contributed by atoms with Crippen LogP contribution in [0.2, 0.25) is 0 Å². The van der Waals surface area contributed by atoms with Crippen LogP contribution in [0.25, 0.3) is 0 Å². The summed E-state index contributed by atoms with van der Waals surface area (Å²) < 4.78 is 50.9. The van der Waals surface area contributed by atoms with Crippen LogP contribution in [-0.4, -0.2) is 28.8 Å². The van der Waals surface area contributed by atoms with Crippen molar-refractivity contribution in [1.82, 2.24) is 0 Å². The van der Waals surface area contributed by atoms with Crippen LogP contribution in [0.15, 0.2) is 46.2 Å². The molecule has 3 N–H and O–H groups in total. The average molecular weight is 407 g/mol. The van der Waals surface area contributed by atoms with Gasteiger partial charge in [0.25, 0.3) is 10.0 Å². The number of primary sulfonamides is 1. The Balaban J connectivity index is 1.78. The molecule has 142 valence electrons.